The standard InChI is InChI=1S/C16H15FN2O2/c1-11(19-21-2)12-7-9-13(10-8-12)18-16(20)14-5-3-4-6-15(14)17/h3-10H,1-2H3,(H,18,20)/b19-11+. The van der Waals surface area contributed by atoms with E-state index in [-0.39, 0.29) is 5.56 Å². The van der Waals surface area contributed by atoms with Gasteiger partial charge in [-0.2, -0.15) is 0 Å². The van der Waals surface area contributed by atoms with Gasteiger partial charge in [0.1, 0.15) is 12.9 Å². The molecule has 1 N–H and O–H groups in total. The third-order valence-electron chi connectivity index (χ3n) is 2.91. The molecule has 0 radical (unpaired) electrons. The summed E-state index contributed by atoms with van der Waals surface area (Å²) in [4.78, 5) is 16.7. The van der Waals surface area contributed by atoms with E-state index in [4.69, 9.17) is 4.84 Å². The molecule has 0 aliphatic heterocycles. The molecule has 0 bridgehead atoms. The Morgan fingerprint density at radius 1 is 1.14 bits per heavy atom. The van der Waals surface area contributed by atoms with Crippen molar-refractivity contribution in [2.45, 2.75) is 6.92 Å². The van der Waals surface area contributed by atoms with Crippen LogP contribution in [0.5, 0.6) is 0 Å². The number of amides is 1. The van der Waals surface area contributed by atoms with Gasteiger partial charge in [-0.15, -0.1) is 0 Å². The molecule has 0 aliphatic carbocycles. The summed E-state index contributed by atoms with van der Waals surface area (Å²) >= 11 is 0. The Labute approximate surface area is 122 Å². The number of hydrogen-bond donors (Lipinski definition) is 1. The summed E-state index contributed by atoms with van der Waals surface area (Å²) in [6, 6.07) is 12.9. The monoisotopic (exact) mass is 286 g/mol. The van der Waals surface area contributed by atoms with Crippen LogP contribution in [0.2, 0.25) is 0 Å². The van der Waals surface area contributed by atoms with E-state index in [1.807, 2.05) is 6.92 Å². The zero-order valence-corrected chi connectivity index (χ0v) is 11.8. The highest BCUT2D eigenvalue weighted by Crippen LogP contribution is 2.13. The van der Waals surface area contributed by atoms with Gasteiger partial charge in [0.2, 0.25) is 0 Å². The first-order valence-corrected chi connectivity index (χ1v) is 6.36. The van der Waals surface area contributed by atoms with Crippen LogP contribution in [0.1, 0.15) is 22.8 Å². The minimum absolute atomic E-state index is 0.0127. The summed E-state index contributed by atoms with van der Waals surface area (Å²) in [5.74, 6) is -1.03. The van der Waals surface area contributed by atoms with Gasteiger partial charge < -0.3 is 10.2 Å². The molecule has 108 valence electrons. The number of anilines is 1. The molecule has 0 aromatic heterocycles. The second kappa shape index (κ2) is 6.65. The van der Waals surface area contributed by atoms with Crippen molar-refractivity contribution in [3.05, 3.63) is 65.5 Å². The molecule has 0 spiro atoms. The van der Waals surface area contributed by atoms with Crippen LogP contribution < -0.4 is 5.32 Å². The maximum absolute atomic E-state index is 13.5. The van der Waals surface area contributed by atoms with Gasteiger partial charge in [0.05, 0.1) is 11.3 Å². The van der Waals surface area contributed by atoms with E-state index in [1.165, 1.54) is 19.2 Å². The Kier molecular flexibility index (Phi) is 4.66. The smallest absolute Gasteiger partial charge is 0.258 e. The molecule has 2 aromatic rings. The summed E-state index contributed by atoms with van der Waals surface area (Å²) in [6.45, 7) is 1.82. The molecule has 0 saturated heterocycles. The minimum atomic E-state index is -0.547. The van der Waals surface area contributed by atoms with Gasteiger partial charge in [-0.25, -0.2) is 4.39 Å². The van der Waals surface area contributed by atoms with E-state index < -0.39 is 11.7 Å². The zero-order valence-electron chi connectivity index (χ0n) is 11.8. The van der Waals surface area contributed by atoms with Crippen molar-refractivity contribution in [1.29, 1.82) is 0 Å². The van der Waals surface area contributed by atoms with Crippen LogP contribution in [0.25, 0.3) is 0 Å². The fourth-order valence-corrected chi connectivity index (χ4v) is 1.83. The number of halogens is 1. The van der Waals surface area contributed by atoms with E-state index in [2.05, 4.69) is 10.5 Å². The molecule has 0 unspecified atom stereocenters. The number of rotatable bonds is 4. The molecule has 5 heteroatoms. The van der Waals surface area contributed by atoms with Crippen LogP contribution in [-0.4, -0.2) is 18.7 Å². The van der Waals surface area contributed by atoms with E-state index in [0.29, 0.717) is 5.69 Å². The topological polar surface area (TPSA) is 50.7 Å². The van der Waals surface area contributed by atoms with Crippen molar-refractivity contribution < 1.29 is 14.0 Å². The van der Waals surface area contributed by atoms with Crippen molar-refractivity contribution in [3.8, 4) is 0 Å². The van der Waals surface area contributed by atoms with Gasteiger partial charge in [-0.3, -0.25) is 4.79 Å². The second-order valence-electron chi connectivity index (χ2n) is 4.37. The third kappa shape index (κ3) is 3.66. The maximum Gasteiger partial charge on any atom is 0.258 e. The quantitative estimate of drug-likeness (QED) is 0.691. The van der Waals surface area contributed by atoms with Gasteiger partial charge in [0.15, 0.2) is 0 Å². The molecular formula is C16H15FN2O2. The lowest BCUT2D eigenvalue weighted by Crippen LogP contribution is -2.13. The van der Waals surface area contributed by atoms with Crippen molar-refractivity contribution >= 4 is 17.3 Å². The number of carbonyl (C=O) groups is 1. The molecular weight excluding hydrogens is 271 g/mol. The third-order valence-corrected chi connectivity index (χ3v) is 2.91. The number of carbonyl (C=O) groups excluding carboxylic acids is 1. The lowest BCUT2D eigenvalue weighted by molar-refractivity contribution is 0.102. The van der Waals surface area contributed by atoms with Crippen LogP contribution in [0, 0.1) is 5.82 Å². The SMILES string of the molecule is CO/N=C(\C)c1ccc(NC(=O)c2ccccc2F)cc1. The fraction of sp³-hybridized carbons (Fsp3) is 0.125. The van der Waals surface area contributed by atoms with Crippen molar-refractivity contribution in [1.82, 2.24) is 0 Å². The predicted molar refractivity (Wildman–Crippen MR) is 80.0 cm³/mol. The fourth-order valence-electron chi connectivity index (χ4n) is 1.83. The summed E-state index contributed by atoms with van der Waals surface area (Å²) in [5, 5.41) is 6.47. The van der Waals surface area contributed by atoms with Crippen LogP contribution in [0.15, 0.2) is 53.7 Å². The molecule has 2 rings (SSSR count). The zero-order chi connectivity index (χ0) is 15.2. The molecule has 0 aliphatic rings. The lowest BCUT2D eigenvalue weighted by atomic mass is 10.1. The molecule has 0 atom stereocenters. The Morgan fingerprint density at radius 3 is 2.43 bits per heavy atom. The Balaban J connectivity index is 2.12. The molecule has 0 saturated carbocycles. The van der Waals surface area contributed by atoms with Gasteiger partial charge in [-0.1, -0.05) is 29.4 Å². The largest absolute Gasteiger partial charge is 0.399 e. The molecule has 0 heterocycles. The average molecular weight is 286 g/mol. The second-order valence-corrected chi connectivity index (χ2v) is 4.37. The summed E-state index contributed by atoms with van der Waals surface area (Å²) in [5.41, 5.74) is 2.20. The highest BCUT2D eigenvalue weighted by atomic mass is 19.1. The number of benzene rings is 2. The Morgan fingerprint density at radius 2 is 1.81 bits per heavy atom. The van der Waals surface area contributed by atoms with Gasteiger partial charge >= 0.3 is 0 Å². The van der Waals surface area contributed by atoms with Crippen LogP contribution in [0.4, 0.5) is 10.1 Å². The molecule has 0 fully saturated rings. The summed E-state index contributed by atoms with van der Waals surface area (Å²) in [7, 11) is 1.48. The average Bonchev–Trinajstić information content (AvgIpc) is 2.48. The summed E-state index contributed by atoms with van der Waals surface area (Å²) in [6.07, 6.45) is 0. The van der Waals surface area contributed by atoms with Crippen LogP contribution >= 0.6 is 0 Å². The minimum Gasteiger partial charge on any atom is -0.399 e. The Bertz CT molecular complexity index is 666. The van der Waals surface area contributed by atoms with Gasteiger partial charge in [0.25, 0.3) is 5.91 Å². The summed E-state index contributed by atoms with van der Waals surface area (Å²) < 4.78 is 13.5. The van der Waals surface area contributed by atoms with E-state index in [0.717, 1.165) is 11.3 Å². The molecule has 2 aromatic carbocycles. The molecule has 4 nitrogen and oxygen atoms in total. The molecule has 21 heavy (non-hydrogen) atoms. The first kappa shape index (κ1) is 14.7. The van der Waals surface area contributed by atoms with Crippen LogP contribution in [-0.2, 0) is 4.84 Å². The van der Waals surface area contributed by atoms with E-state index in [1.54, 1.807) is 36.4 Å². The highest BCUT2D eigenvalue weighted by Gasteiger charge is 2.10. The van der Waals surface area contributed by atoms with E-state index in [9.17, 15) is 9.18 Å². The number of hydrogen-bond acceptors (Lipinski definition) is 3. The van der Waals surface area contributed by atoms with Crippen LogP contribution in [0.3, 0.4) is 0 Å². The normalized spacial score (nSPS) is 11.1. The van der Waals surface area contributed by atoms with Crippen molar-refractivity contribution in [2.75, 3.05) is 12.4 Å². The van der Waals surface area contributed by atoms with E-state index >= 15 is 0 Å². The number of nitrogens with zero attached hydrogens (tertiary/aromatic N) is 1. The first-order chi connectivity index (χ1) is 10.1. The van der Waals surface area contributed by atoms with Crippen molar-refractivity contribution in [3.63, 3.8) is 0 Å². The Hall–Kier alpha value is -2.69. The highest BCUT2D eigenvalue weighted by molar-refractivity contribution is 6.05. The maximum atomic E-state index is 13.5. The van der Waals surface area contributed by atoms with Gasteiger partial charge in [0, 0.05) is 5.69 Å². The number of nitrogens with one attached hydrogen (secondary N) is 1. The first-order valence-electron chi connectivity index (χ1n) is 6.36. The van der Waals surface area contributed by atoms with Crippen molar-refractivity contribution in [2.24, 2.45) is 5.16 Å². The van der Waals surface area contributed by atoms with Gasteiger partial charge in [-0.05, 0) is 36.8 Å². The predicted octanol–water partition coefficient (Wildman–Crippen LogP) is 3.45. The lowest BCUT2D eigenvalue weighted by Gasteiger charge is -2.07. The number of oxime groups is 1. The molecule has 1 amide bonds.